The first-order valence-electron chi connectivity index (χ1n) is 8.22. The van der Waals surface area contributed by atoms with Crippen molar-refractivity contribution in [2.45, 2.75) is 20.8 Å². The van der Waals surface area contributed by atoms with E-state index in [0.717, 1.165) is 11.1 Å². The first kappa shape index (κ1) is 19.2. The minimum Gasteiger partial charge on any atom is -0.462 e. The summed E-state index contributed by atoms with van der Waals surface area (Å²) in [6, 6.07) is 11.8. The standard InChI is InChI=1S/C20H21NO5/c1-4-25-20(24)16-7-5-6-8-17(16)21-18(22)12-26-19(23)15-10-13(2)9-14(3)11-15/h5-11H,4,12H2,1-3H3,(H,21,22). The molecular formula is C20H21NO5. The molecule has 0 fully saturated rings. The van der Waals surface area contributed by atoms with Crippen molar-refractivity contribution in [3.8, 4) is 0 Å². The highest BCUT2D eigenvalue weighted by Crippen LogP contribution is 2.16. The fourth-order valence-corrected chi connectivity index (χ4v) is 2.47. The third-order valence-corrected chi connectivity index (χ3v) is 3.49. The van der Waals surface area contributed by atoms with Crippen molar-refractivity contribution in [2.75, 3.05) is 18.5 Å². The van der Waals surface area contributed by atoms with Crippen LogP contribution in [0.3, 0.4) is 0 Å². The van der Waals surface area contributed by atoms with E-state index >= 15 is 0 Å². The fourth-order valence-electron chi connectivity index (χ4n) is 2.47. The zero-order valence-electron chi connectivity index (χ0n) is 15.0. The van der Waals surface area contributed by atoms with Crippen LogP contribution in [0, 0.1) is 13.8 Å². The van der Waals surface area contributed by atoms with Gasteiger partial charge < -0.3 is 14.8 Å². The largest absolute Gasteiger partial charge is 0.462 e. The molecule has 1 N–H and O–H groups in total. The van der Waals surface area contributed by atoms with Gasteiger partial charge in [0, 0.05) is 0 Å². The van der Waals surface area contributed by atoms with Crippen LogP contribution in [0.1, 0.15) is 38.8 Å². The summed E-state index contributed by atoms with van der Waals surface area (Å²) in [7, 11) is 0. The molecular weight excluding hydrogens is 334 g/mol. The normalized spacial score (nSPS) is 10.1. The van der Waals surface area contributed by atoms with E-state index in [1.54, 1.807) is 43.3 Å². The third-order valence-electron chi connectivity index (χ3n) is 3.49. The number of carbonyl (C=O) groups excluding carboxylic acids is 3. The number of carbonyl (C=O) groups is 3. The lowest BCUT2D eigenvalue weighted by Crippen LogP contribution is -2.22. The summed E-state index contributed by atoms with van der Waals surface area (Å²) in [5.74, 6) is -1.65. The van der Waals surface area contributed by atoms with Crippen molar-refractivity contribution in [1.82, 2.24) is 0 Å². The minimum absolute atomic E-state index is 0.231. The Bertz CT molecular complexity index is 808. The second-order valence-electron chi connectivity index (χ2n) is 5.77. The van der Waals surface area contributed by atoms with Crippen LogP contribution in [0.25, 0.3) is 0 Å². The number of ether oxygens (including phenoxy) is 2. The zero-order valence-corrected chi connectivity index (χ0v) is 15.0. The van der Waals surface area contributed by atoms with Crippen LogP contribution in [0.4, 0.5) is 5.69 Å². The Morgan fingerprint density at radius 3 is 2.23 bits per heavy atom. The summed E-state index contributed by atoms with van der Waals surface area (Å²) >= 11 is 0. The van der Waals surface area contributed by atoms with Crippen LogP contribution in [-0.4, -0.2) is 31.1 Å². The number of esters is 2. The smallest absolute Gasteiger partial charge is 0.340 e. The number of para-hydroxylation sites is 1. The van der Waals surface area contributed by atoms with Crippen molar-refractivity contribution < 1.29 is 23.9 Å². The molecule has 0 heterocycles. The molecule has 0 radical (unpaired) electrons. The summed E-state index contributed by atoms with van der Waals surface area (Å²) < 4.78 is 10.0. The van der Waals surface area contributed by atoms with Crippen molar-refractivity contribution in [3.63, 3.8) is 0 Å². The molecule has 2 aromatic rings. The van der Waals surface area contributed by atoms with Gasteiger partial charge in [-0.1, -0.05) is 29.3 Å². The van der Waals surface area contributed by atoms with Crippen LogP contribution in [0.2, 0.25) is 0 Å². The van der Waals surface area contributed by atoms with E-state index in [1.807, 2.05) is 19.9 Å². The third kappa shape index (κ3) is 5.17. The number of benzene rings is 2. The minimum atomic E-state index is -0.578. The quantitative estimate of drug-likeness (QED) is 0.804. The van der Waals surface area contributed by atoms with Gasteiger partial charge in [-0.15, -0.1) is 0 Å². The van der Waals surface area contributed by atoms with Crippen LogP contribution in [0.5, 0.6) is 0 Å². The molecule has 0 aliphatic heterocycles. The van der Waals surface area contributed by atoms with E-state index in [1.165, 1.54) is 0 Å². The van der Waals surface area contributed by atoms with Gasteiger partial charge in [-0.2, -0.15) is 0 Å². The van der Waals surface area contributed by atoms with Crippen LogP contribution < -0.4 is 5.32 Å². The second kappa shape index (κ2) is 8.80. The molecule has 0 unspecified atom stereocenters. The first-order valence-corrected chi connectivity index (χ1v) is 8.22. The van der Waals surface area contributed by atoms with E-state index in [-0.39, 0.29) is 12.2 Å². The highest BCUT2D eigenvalue weighted by molar-refractivity contribution is 6.02. The first-order chi connectivity index (χ1) is 12.4. The summed E-state index contributed by atoms with van der Waals surface area (Å²) in [5.41, 5.74) is 2.80. The van der Waals surface area contributed by atoms with E-state index in [0.29, 0.717) is 11.3 Å². The molecule has 0 saturated carbocycles. The number of rotatable bonds is 6. The van der Waals surface area contributed by atoms with Gasteiger partial charge in [0.1, 0.15) is 0 Å². The van der Waals surface area contributed by atoms with Crippen LogP contribution in [0.15, 0.2) is 42.5 Å². The van der Waals surface area contributed by atoms with Crippen LogP contribution in [-0.2, 0) is 14.3 Å². The predicted octanol–water partition coefficient (Wildman–Crippen LogP) is 3.28. The Balaban J connectivity index is 1.99. The molecule has 0 aromatic heterocycles. The number of nitrogens with one attached hydrogen (secondary N) is 1. The molecule has 2 aromatic carbocycles. The maximum absolute atomic E-state index is 12.1. The summed E-state index contributed by atoms with van der Waals surface area (Å²) in [5, 5.41) is 2.56. The molecule has 2 rings (SSSR count). The van der Waals surface area contributed by atoms with E-state index in [2.05, 4.69) is 5.32 Å². The second-order valence-corrected chi connectivity index (χ2v) is 5.77. The number of anilines is 1. The maximum Gasteiger partial charge on any atom is 0.340 e. The maximum atomic E-state index is 12.1. The van der Waals surface area contributed by atoms with Gasteiger partial charge in [-0.3, -0.25) is 4.79 Å². The van der Waals surface area contributed by atoms with Gasteiger partial charge in [-0.05, 0) is 45.0 Å². The average molecular weight is 355 g/mol. The Hall–Kier alpha value is -3.15. The Labute approximate surface area is 152 Å². The molecule has 136 valence electrons. The molecule has 0 aliphatic carbocycles. The highest BCUT2D eigenvalue weighted by Gasteiger charge is 2.15. The van der Waals surface area contributed by atoms with Crippen molar-refractivity contribution in [1.29, 1.82) is 0 Å². The number of hydrogen-bond donors (Lipinski definition) is 1. The van der Waals surface area contributed by atoms with Crippen molar-refractivity contribution in [3.05, 3.63) is 64.7 Å². The Morgan fingerprint density at radius 1 is 0.923 bits per heavy atom. The molecule has 0 saturated heterocycles. The Morgan fingerprint density at radius 2 is 1.58 bits per heavy atom. The molecule has 1 amide bonds. The molecule has 26 heavy (non-hydrogen) atoms. The van der Waals surface area contributed by atoms with Gasteiger partial charge in [0.2, 0.25) is 0 Å². The van der Waals surface area contributed by atoms with E-state index < -0.39 is 24.5 Å². The lowest BCUT2D eigenvalue weighted by atomic mass is 10.1. The summed E-state index contributed by atoms with van der Waals surface area (Å²) in [6.07, 6.45) is 0. The number of aryl methyl sites for hydroxylation is 2. The average Bonchev–Trinajstić information content (AvgIpc) is 2.59. The molecule has 0 aliphatic rings. The highest BCUT2D eigenvalue weighted by atomic mass is 16.5. The number of amides is 1. The van der Waals surface area contributed by atoms with Gasteiger partial charge in [0.05, 0.1) is 23.4 Å². The fraction of sp³-hybridized carbons (Fsp3) is 0.250. The Kier molecular flexibility index (Phi) is 6.49. The summed E-state index contributed by atoms with van der Waals surface area (Å²) in [4.78, 5) is 36.1. The van der Waals surface area contributed by atoms with Gasteiger partial charge in [0.15, 0.2) is 6.61 Å². The van der Waals surface area contributed by atoms with Crippen molar-refractivity contribution >= 4 is 23.5 Å². The topological polar surface area (TPSA) is 81.7 Å². The monoisotopic (exact) mass is 355 g/mol. The van der Waals surface area contributed by atoms with E-state index in [4.69, 9.17) is 9.47 Å². The lowest BCUT2D eigenvalue weighted by molar-refractivity contribution is -0.119. The van der Waals surface area contributed by atoms with Gasteiger partial charge in [0.25, 0.3) is 5.91 Å². The number of hydrogen-bond acceptors (Lipinski definition) is 5. The van der Waals surface area contributed by atoms with E-state index in [9.17, 15) is 14.4 Å². The SMILES string of the molecule is CCOC(=O)c1ccccc1NC(=O)COC(=O)c1cc(C)cc(C)c1. The predicted molar refractivity (Wildman–Crippen MR) is 97.2 cm³/mol. The molecule has 6 heteroatoms. The molecule has 0 spiro atoms. The lowest BCUT2D eigenvalue weighted by Gasteiger charge is -2.11. The van der Waals surface area contributed by atoms with Crippen molar-refractivity contribution in [2.24, 2.45) is 0 Å². The molecule has 6 nitrogen and oxygen atoms in total. The molecule has 0 atom stereocenters. The molecule has 0 bridgehead atoms. The van der Waals surface area contributed by atoms with Gasteiger partial charge in [-0.25, -0.2) is 9.59 Å². The zero-order chi connectivity index (χ0) is 19.1. The van der Waals surface area contributed by atoms with Crippen LogP contribution >= 0.6 is 0 Å². The summed E-state index contributed by atoms with van der Waals surface area (Å²) in [6.45, 7) is 5.23. The van der Waals surface area contributed by atoms with Gasteiger partial charge >= 0.3 is 11.9 Å².